The van der Waals surface area contributed by atoms with Crippen LogP contribution in [-0.2, 0) is 19.8 Å². The maximum Gasteiger partial charge on any atom is 0.435 e. The number of halogens is 3. The molecule has 2 rings (SSSR count). The first-order valence-corrected chi connectivity index (χ1v) is 7.91. The summed E-state index contributed by atoms with van der Waals surface area (Å²) in [6, 6.07) is 3.52. The monoisotopic (exact) mass is 357 g/mol. The summed E-state index contributed by atoms with van der Waals surface area (Å²) in [5, 5.41) is 9.62. The second-order valence-corrected chi connectivity index (χ2v) is 5.68. The van der Waals surface area contributed by atoms with Crippen LogP contribution < -0.4 is 10.6 Å². The average molecular weight is 357 g/mol. The van der Waals surface area contributed by atoms with E-state index in [0.29, 0.717) is 12.5 Å². The van der Waals surface area contributed by atoms with E-state index in [0.717, 1.165) is 16.2 Å². The number of alkyl halides is 3. The van der Waals surface area contributed by atoms with Gasteiger partial charge in [-0.25, -0.2) is 4.99 Å². The molecule has 0 aliphatic heterocycles. The molecule has 0 saturated heterocycles. The average Bonchev–Trinajstić information content (AvgIpc) is 3.10. The molecule has 25 heavy (non-hydrogen) atoms. The maximum absolute atomic E-state index is 13.0. The minimum Gasteiger partial charge on any atom is -0.464 e. The smallest absolute Gasteiger partial charge is 0.435 e. The van der Waals surface area contributed by atoms with Gasteiger partial charge in [-0.15, -0.1) is 0 Å². The molecule has 138 valence electrons. The number of hydrogen-bond donors (Lipinski definition) is 2. The lowest BCUT2D eigenvalue weighted by Crippen LogP contribution is -2.38. The summed E-state index contributed by atoms with van der Waals surface area (Å²) in [5.41, 5.74) is -0.891. The molecule has 6 nitrogen and oxygen atoms in total. The first-order valence-electron chi connectivity index (χ1n) is 7.91. The number of rotatable bonds is 5. The van der Waals surface area contributed by atoms with Gasteiger partial charge < -0.3 is 15.1 Å². The van der Waals surface area contributed by atoms with Crippen molar-refractivity contribution in [2.75, 3.05) is 6.54 Å². The molecule has 2 aromatic rings. The molecule has 0 aliphatic rings. The summed E-state index contributed by atoms with van der Waals surface area (Å²) in [5.74, 6) is 1.91. The summed E-state index contributed by atoms with van der Waals surface area (Å²) in [6.07, 6.45) is -3.17. The number of guanidine groups is 1. The van der Waals surface area contributed by atoms with Gasteiger partial charge in [0.05, 0.1) is 12.6 Å². The van der Waals surface area contributed by atoms with E-state index < -0.39 is 11.9 Å². The van der Waals surface area contributed by atoms with Crippen LogP contribution >= 0.6 is 0 Å². The lowest BCUT2D eigenvalue weighted by Gasteiger charge is -2.16. The molecule has 0 bridgehead atoms. The number of aromatic nitrogens is 2. The van der Waals surface area contributed by atoms with Gasteiger partial charge in [-0.1, -0.05) is 0 Å². The molecular weight excluding hydrogens is 335 g/mol. The molecule has 0 aromatic carbocycles. The van der Waals surface area contributed by atoms with Crippen LogP contribution in [0.15, 0.2) is 27.7 Å². The number of aliphatic imine (C=N–C) groups is 1. The molecule has 0 radical (unpaired) electrons. The van der Waals surface area contributed by atoms with Crippen LogP contribution in [0.1, 0.15) is 42.7 Å². The van der Waals surface area contributed by atoms with Crippen LogP contribution in [0.2, 0.25) is 0 Å². The van der Waals surface area contributed by atoms with Crippen LogP contribution in [0.25, 0.3) is 0 Å². The number of furan rings is 1. The minimum absolute atomic E-state index is 0.0219. The van der Waals surface area contributed by atoms with Crippen LogP contribution in [-0.4, -0.2) is 22.3 Å². The van der Waals surface area contributed by atoms with Crippen molar-refractivity contribution in [3.05, 3.63) is 41.1 Å². The number of nitrogens with one attached hydrogen (secondary N) is 2. The van der Waals surface area contributed by atoms with E-state index in [1.807, 2.05) is 32.9 Å². The standard InChI is InChI=1S/C16H22F3N5O/c1-5-20-15(22-11(3)13-7-6-10(2)25-13)21-8-12-9-24(4)23-14(12)16(17,18)19/h6-7,9,11H,5,8H2,1-4H3,(H2,20,21,22). The Bertz CT molecular complexity index is 732. The molecule has 0 amide bonds. The largest absolute Gasteiger partial charge is 0.464 e. The van der Waals surface area contributed by atoms with Gasteiger partial charge in [-0.05, 0) is 32.9 Å². The predicted octanol–water partition coefficient (Wildman–Crippen LogP) is 3.16. The zero-order valence-corrected chi connectivity index (χ0v) is 14.6. The van der Waals surface area contributed by atoms with Crippen LogP contribution in [0.5, 0.6) is 0 Å². The lowest BCUT2D eigenvalue weighted by molar-refractivity contribution is -0.142. The molecule has 0 fully saturated rings. The SMILES string of the molecule is CCNC(=NCc1cn(C)nc1C(F)(F)F)NC(C)c1ccc(C)o1. The second kappa shape index (κ2) is 7.62. The maximum atomic E-state index is 13.0. The third-order valence-corrected chi connectivity index (χ3v) is 3.47. The van der Waals surface area contributed by atoms with Gasteiger partial charge >= 0.3 is 6.18 Å². The Kier molecular flexibility index (Phi) is 5.76. The van der Waals surface area contributed by atoms with E-state index in [4.69, 9.17) is 4.42 Å². The molecule has 2 N–H and O–H groups in total. The van der Waals surface area contributed by atoms with Gasteiger partial charge in [0.2, 0.25) is 0 Å². The van der Waals surface area contributed by atoms with Crippen LogP contribution in [0.4, 0.5) is 13.2 Å². The molecule has 2 aromatic heterocycles. The van der Waals surface area contributed by atoms with Crippen molar-refractivity contribution < 1.29 is 17.6 Å². The summed E-state index contributed by atoms with van der Waals surface area (Å²) in [4.78, 5) is 4.24. The van der Waals surface area contributed by atoms with E-state index >= 15 is 0 Å². The molecule has 1 atom stereocenters. The summed E-state index contributed by atoms with van der Waals surface area (Å²) < 4.78 is 45.7. The Morgan fingerprint density at radius 1 is 1.40 bits per heavy atom. The Hall–Kier alpha value is -2.45. The first-order chi connectivity index (χ1) is 11.7. The fraction of sp³-hybridized carbons (Fsp3) is 0.500. The van der Waals surface area contributed by atoms with E-state index in [-0.39, 0.29) is 18.2 Å². The first kappa shape index (κ1) is 18.9. The summed E-state index contributed by atoms with van der Waals surface area (Å²) >= 11 is 0. The van der Waals surface area contributed by atoms with Crippen LogP contribution in [0, 0.1) is 6.92 Å². The summed E-state index contributed by atoms with van der Waals surface area (Å²) in [7, 11) is 1.45. The zero-order chi connectivity index (χ0) is 18.6. The van der Waals surface area contributed by atoms with Gasteiger partial charge in [0.25, 0.3) is 0 Å². The van der Waals surface area contributed by atoms with Gasteiger partial charge in [0.15, 0.2) is 11.7 Å². The summed E-state index contributed by atoms with van der Waals surface area (Å²) in [6.45, 7) is 6.05. The Morgan fingerprint density at radius 2 is 2.12 bits per heavy atom. The van der Waals surface area contributed by atoms with Crippen molar-refractivity contribution in [2.24, 2.45) is 12.0 Å². The Balaban J connectivity index is 2.15. The topological polar surface area (TPSA) is 67.4 Å². The van der Waals surface area contributed by atoms with Gasteiger partial charge in [0, 0.05) is 25.4 Å². The number of hydrogen-bond acceptors (Lipinski definition) is 3. The quantitative estimate of drug-likeness (QED) is 0.637. The van der Waals surface area contributed by atoms with Crippen molar-refractivity contribution in [1.29, 1.82) is 0 Å². The highest BCUT2D eigenvalue weighted by Crippen LogP contribution is 2.30. The fourth-order valence-corrected chi connectivity index (χ4v) is 2.34. The van der Waals surface area contributed by atoms with Crippen LogP contribution in [0.3, 0.4) is 0 Å². The van der Waals surface area contributed by atoms with Gasteiger partial charge in [-0.2, -0.15) is 18.3 Å². The highest BCUT2D eigenvalue weighted by molar-refractivity contribution is 5.80. The van der Waals surface area contributed by atoms with Gasteiger partial charge in [-0.3, -0.25) is 4.68 Å². The van der Waals surface area contributed by atoms with E-state index in [1.54, 1.807) is 0 Å². The van der Waals surface area contributed by atoms with Crippen molar-refractivity contribution in [3.63, 3.8) is 0 Å². The molecular formula is C16H22F3N5O. The van der Waals surface area contributed by atoms with Crippen molar-refractivity contribution >= 4 is 5.96 Å². The highest BCUT2D eigenvalue weighted by atomic mass is 19.4. The van der Waals surface area contributed by atoms with Gasteiger partial charge in [0.1, 0.15) is 11.5 Å². The normalized spacial score (nSPS) is 13.8. The number of aryl methyl sites for hydroxylation is 2. The van der Waals surface area contributed by atoms with Crippen molar-refractivity contribution in [3.8, 4) is 0 Å². The molecule has 0 spiro atoms. The van der Waals surface area contributed by atoms with E-state index in [1.165, 1.54) is 13.2 Å². The predicted molar refractivity (Wildman–Crippen MR) is 88.0 cm³/mol. The zero-order valence-electron chi connectivity index (χ0n) is 14.6. The van der Waals surface area contributed by atoms with Crippen molar-refractivity contribution in [1.82, 2.24) is 20.4 Å². The third-order valence-electron chi connectivity index (χ3n) is 3.47. The molecule has 1 unspecified atom stereocenters. The lowest BCUT2D eigenvalue weighted by atomic mass is 10.2. The number of nitrogens with zero attached hydrogens (tertiary/aromatic N) is 3. The molecule has 2 heterocycles. The van der Waals surface area contributed by atoms with E-state index in [9.17, 15) is 13.2 Å². The Labute approximate surface area is 144 Å². The third kappa shape index (κ3) is 5.01. The minimum atomic E-state index is -4.50. The molecule has 0 saturated carbocycles. The van der Waals surface area contributed by atoms with E-state index in [2.05, 4.69) is 20.7 Å². The second-order valence-electron chi connectivity index (χ2n) is 5.68. The van der Waals surface area contributed by atoms with Crippen molar-refractivity contribution in [2.45, 2.75) is 39.5 Å². The fourth-order valence-electron chi connectivity index (χ4n) is 2.34. The molecule has 0 aliphatic carbocycles. The highest BCUT2D eigenvalue weighted by Gasteiger charge is 2.36. The Morgan fingerprint density at radius 3 is 2.68 bits per heavy atom. The molecule has 9 heteroatoms.